The highest BCUT2D eigenvalue weighted by atomic mass is 16.5. The Bertz CT molecular complexity index is 114. The number of hydrogen-bond donors (Lipinski definition) is 0. The van der Waals surface area contributed by atoms with Crippen molar-refractivity contribution in [1.82, 2.24) is 0 Å². The second-order valence-electron chi connectivity index (χ2n) is 2.95. The molecular formula is C8H14O2. The van der Waals surface area contributed by atoms with Crippen LogP contribution in [0, 0.1) is 5.92 Å². The van der Waals surface area contributed by atoms with E-state index in [9.17, 15) is 4.79 Å². The lowest BCUT2D eigenvalue weighted by molar-refractivity contribution is -0.142. The van der Waals surface area contributed by atoms with Crippen LogP contribution in [0.15, 0.2) is 0 Å². The molecule has 0 unspecified atom stereocenters. The molecule has 1 fully saturated rings. The van der Waals surface area contributed by atoms with Crippen molar-refractivity contribution in [2.24, 2.45) is 5.92 Å². The lowest BCUT2D eigenvalue weighted by atomic mass is 10.1. The highest BCUT2D eigenvalue weighted by Gasteiger charge is 2.15. The van der Waals surface area contributed by atoms with Crippen LogP contribution < -0.4 is 0 Å². The van der Waals surface area contributed by atoms with Gasteiger partial charge in [0.25, 0.3) is 0 Å². The number of carbonyl (C=O) groups is 1. The van der Waals surface area contributed by atoms with E-state index in [0.29, 0.717) is 12.5 Å². The summed E-state index contributed by atoms with van der Waals surface area (Å²) in [7, 11) is 0. The van der Waals surface area contributed by atoms with E-state index in [4.69, 9.17) is 4.74 Å². The molecule has 2 heteroatoms. The van der Waals surface area contributed by atoms with Gasteiger partial charge in [-0.05, 0) is 18.8 Å². The molecule has 1 rings (SSSR count). The predicted octanol–water partition coefficient (Wildman–Crippen LogP) is 1.74. The molecule has 1 saturated carbocycles. The summed E-state index contributed by atoms with van der Waals surface area (Å²) in [5.41, 5.74) is 0. The fourth-order valence-corrected chi connectivity index (χ4v) is 1.41. The Labute approximate surface area is 61.6 Å². The summed E-state index contributed by atoms with van der Waals surface area (Å²) in [6.45, 7) is 2.12. The van der Waals surface area contributed by atoms with Crippen LogP contribution in [-0.2, 0) is 9.53 Å². The van der Waals surface area contributed by atoms with E-state index in [1.165, 1.54) is 32.6 Å². The average Bonchev–Trinajstić information content (AvgIpc) is 2.34. The van der Waals surface area contributed by atoms with E-state index in [-0.39, 0.29) is 5.97 Å². The summed E-state index contributed by atoms with van der Waals surface area (Å²) in [4.78, 5) is 10.4. The number of carbonyl (C=O) groups excluding carboxylic acids is 1. The van der Waals surface area contributed by atoms with Gasteiger partial charge < -0.3 is 4.74 Å². The Hall–Kier alpha value is -0.530. The van der Waals surface area contributed by atoms with Crippen molar-refractivity contribution < 1.29 is 9.53 Å². The van der Waals surface area contributed by atoms with Crippen LogP contribution in [-0.4, -0.2) is 12.6 Å². The zero-order chi connectivity index (χ0) is 7.40. The topological polar surface area (TPSA) is 26.3 Å². The number of hydrogen-bond acceptors (Lipinski definition) is 2. The molecule has 0 aromatic heterocycles. The van der Waals surface area contributed by atoms with Gasteiger partial charge in [0.2, 0.25) is 0 Å². The molecule has 10 heavy (non-hydrogen) atoms. The Morgan fingerprint density at radius 3 is 2.60 bits per heavy atom. The van der Waals surface area contributed by atoms with Gasteiger partial charge in [-0.25, -0.2) is 0 Å². The third kappa shape index (κ3) is 2.38. The lowest BCUT2D eigenvalue weighted by Crippen LogP contribution is -2.08. The Balaban J connectivity index is 2.07. The third-order valence-electron chi connectivity index (χ3n) is 2.00. The fourth-order valence-electron chi connectivity index (χ4n) is 1.41. The lowest BCUT2D eigenvalue weighted by Gasteiger charge is -2.07. The van der Waals surface area contributed by atoms with Crippen molar-refractivity contribution in [2.45, 2.75) is 32.6 Å². The Morgan fingerprint density at radius 1 is 1.50 bits per heavy atom. The minimum Gasteiger partial charge on any atom is -0.466 e. The number of rotatable bonds is 2. The molecule has 0 amide bonds. The Morgan fingerprint density at radius 2 is 2.10 bits per heavy atom. The maximum absolute atomic E-state index is 10.4. The van der Waals surface area contributed by atoms with Gasteiger partial charge in [-0.3, -0.25) is 4.79 Å². The number of esters is 1. The van der Waals surface area contributed by atoms with Crippen LogP contribution in [0.1, 0.15) is 32.6 Å². The SMILES string of the molecule is CC(=O)OCC1CCCC1. The molecule has 0 N–H and O–H groups in total. The first-order chi connectivity index (χ1) is 4.79. The molecule has 0 bridgehead atoms. The first kappa shape index (κ1) is 7.58. The molecule has 0 heterocycles. The zero-order valence-electron chi connectivity index (χ0n) is 6.43. The summed E-state index contributed by atoms with van der Waals surface area (Å²) >= 11 is 0. The molecule has 0 atom stereocenters. The van der Waals surface area contributed by atoms with Gasteiger partial charge in [0, 0.05) is 6.92 Å². The largest absolute Gasteiger partial charge is 0.466 e. The molecule has 0 aliphatic heterocycles. The van der Waals surface area contributed by atoms with E-state index in [1.807, 2.05) is 0 Å². The molecule has 0 radical (unpaired) electrons. The molecule has 0 aromatic rings. The zero-order valence-corrected chi connectivity index (χ0v) is 6.43. The quantitative estimate of drug-likeness (QED) is 0.549. The molecule has 0 spiro atoms. The second-order valence-corrected chi connectivity index (χ2v) is 2.95. The molecule has 2 nitrogen and oxygen atoms in total. The van der Waals surface area contributed by atoms with Crippen molar-refractivity contribution in [3.8, 4) is 0 Å². The van der Waals surface area contributed by atoms with Crippen molar-refractivity contribution in [2.75, 3.05) is 6.61 Å². The van der Waals surface area contributed by atoms with E-state index >= 15 is 0 Å². The average molecular weight is 142 g/mol. The van der Waals surface area contributed by atoms with E-state index in [1.54, 1.807) is 0 Å². The second kappa shape index (κ2) is 3.59. The minimum absolute atomic E-state index is 0.146. The van der Waals surface area contributed by atoms with E-state index < -0.39 is 0 Å². The van der Waals surface area contributed by atoms with Crippen LogP contribution >= 0.6 is 0 Å². The van der Waals surface area contributed by atoms with E-state index in [0.717, 1.165) is 0 Å². The van der Waals surface area contributed by atoms with Gasteiger partial charge in [0.05, 0.1) is 6.61 Å². The monoisotopic (exact) mass is 142 g/mol. The smallest absolute Gasteiger partial charge is 0.302 e. The highest BCUT2D eigenvalue weighted by Crippen LogP contribution is 2.24. The Kier molecular flexibility index (Phi) is 2.72. The van der Waals surface area contributed by atoms with Gasteiger partial charge >= 0.3 is 5.97 Å². The minimum atomic E-state index is -0.146. The summed E-state index contributed by atoms with van der Waals surface area (Å²) in [5, 5.41) is 0. The molecule has 1 aliphatic rings. The highest BCUT2D eigenvalue weighted by molar-refractivity contribution is 5.65. The van der Waals surface area contributed by atoms with Crippen molar-refractivity contribution >= 4 is 5.97 Å². The van der Waals surface area contributed by atoms with Crippen molar-refractivity contribution in [3.05, 3.63) is 0 Å². The molecule has 58 valence electrons. The summed E-state index contributed by atoms with van der Waals surface area (Å²) in [6, 6.07) is 0. The molecular weight excluding hydrogens is 128 g/mol. The van der Waals surface area contributed by atoms with Crippen LogP contribution in [0.2, 0.25) is 0 Å². The van der Waals surface area contributed by atoms with Crippen molar-refractivity contribution in [1.29, 1.82) is 0 Å². The maximum Gasteiger partial charge on any atom is 0.302 e. The normalized spacial score (nSPS) is 19.3. The van der Waals surface area contributed by atoms with Gasteiger partial charge in [-0.1, -0.05) is 12.8 Å². The fraction of sp³-hybridized carbons (Fsp3) is 0.875. The predicted molar refractivity (Wildman–Crippen MR) is 38.6 cm³/mol. The molecule has 0 saturated heterocycles. The van der Waals surface area contributed by atoms with E-state index in [2.05, 4.69) is 0 Å². The van der Waals surface area contributed by atoms with Crippen molar-refractivity contribution in [3.63, 3.8) is 0 Å². The van der Waals surface area contributed by atoms with Gasteiger partial charge in [-0.2, -0.15) is 0 Å². The van der Waals surface area contributed by atoms with Gasteiger partial charge in [0.1, 0.15) is 0 Å². The van der Waals surface area contributed by atoms with Crippen LogP contribution in [0.5, 0.6) is 0 Å². The van der Waals surface area contributed by atoms with Crippen LogP contribution in [0.4, 0.5) is 0 Å². The summed E-state index contributed by atoms with van der Waals surface area (Å²) < 4.78 is 4.89. The van der Waals surface area contributed by atoms with Crippen LogP contribution in [0.3, 0.4) is 0 Å². The van der Waals surface area contributed by atoms with Crippen LogP contribution in [0.25, 0.3) is 0 Å². The summed E-state index contributed by atoms with van der Waals surface area (Å²) in [6.07, 6.45) is 5.11. The molecule has 1 aliphatic carbocycles. The third-order valence-corrected chi connectivity index (χ3v) is 2.00. The molecule has 0 aromatic carbocycles. The van der Waals surface area contributed by atoms with Gasteiger partial charge in [0.15, 0.2) is 0 Å². The summed E-state index contributed by atoms with van der Waals surface area (Å²) in [5.74, 6) is 0.510. The first-order valence-electron chi connectivity index (χ1n) is 3.92. The number of ether oxygens (including phenoxy) is 1. The standard InChI is InChI=1S/C8H14O2/c1-7(9)10-6-8-4-2-3-5-8/h8H,2-6H2,1H3. The maximum atomic E-state index is 10.4. The van der Waals surface area contributed by atoms with Gasteiger partial charge in [-0.15, -0.1) is 0 Å². The first-order valence-corrected chi connectivity index (χ1v) is 3.92.